The number of hydrogen-bond acceptors (Lipinski definition) is 3. The lowest BCUT2D eigenvalue weighted by atomic mass is 10.2. The number of amides is 3. The van der Waals surface area contributed by atoms with Crippen molar-refractivity contribution in [2.45, 2.75) is 13.0 Å². The Morgan fingerprint density at radius 1 is 1.28 bits per heavy atom. The number of carbonyl (C=O) groups excluding carboxylic acids is 2. The number of aryl methyl sites for hydroxylation is 1. The van der Waals surface area contributed by atoms with Crippen molar-refractivity contribution in [2.75, 3.05) is 23.3 Å². The van der Waals surface area contributed by atoms with Gasteiger partial charge in [-0.25, -0.2) is 9.59 Å². The first-order valence-corrected chi connectivity index (χ1v) is 8.24. The molecule has 1 aliphatic rings. The molecule has 1 aliphatic heterocycles. The van der Waals surface area contributed by atoms with Crippen molar-refractivity contribution in [3.05, 3.63) is 59.1 Å². The summed E-state index contributed by atoms with van der Waals surface area (Å²) in [4.78, 5) is 25.5. The van der Waals surface area contributed by atoms with E-state index in [0.717, 1.165) is 5.56 Å². The third-order valence-electron chi connectivity index (χ3n) is 3.76. The molecular formula is C18H18ClN3O3. The van der Waals surface area contributed by atoms with Gasteiger partial charge in [0.2, 0.25) is 0 Å². The van der Waals surface area contributed by atoms with Crippen LogP contribution in [0.2, 0.25) is 5.02 Å². The van der Waals surface area contributed by atoms with E-state index in [1.165, 1.54) is 4.90 Å². The molecule has 7 heteroatoms. The first kappa shape index (κ1) is 17.1. The highest BCUT2D eigenvalue weighted by atomic mass is 35.5. The standard InChI is InChI=1S/C18H18ClN3O3/c1-12-4-2-6-14(8-12)21-17(23)20-10-16-11-22(18(24)25-16)15-7-3-5-13(19)9-15/h2-9,16H,10-11H2,1H3,(H2,20,21,23)/t16-/m1/s1. The Balaban J connectivity index is 1.52. The minimum Gasteiger partial charge on any atom is -0.442 e. The molecule has 0 saturated carbocycles. The van der Waals surface area contributed by atoms with Crippen LogP contribution in [0.15, 0.2) is 48.5 Å². The van der Waals surface area contributed by atoms with E-state index in [1.54, 1.807) is 24.3 Å². The fraction of sp³-hybridized carbons (Fsp3) is 0.222. The third-order valence-corrected chi connectivity index (χ3v) is 4.00. The van der Waals surface area contributed by atoms with Crippen LogP contribution >= 0.6 is 11.6 Å². The van der Waals surface area contributed by atoms with Gasteiger partial charge in [0.15, 0.2) is 0 Å². The number of ether oxygens (including phenoxy) is 1. The average Bonchev–Trinajstić information content (AvgIpc) is 2.94. The lowest BCUT2D eigenvalue weighted by Gasteiger charge is -2.13. The van der Waals surface area contributed by atoms with Crippen LogP contribution in [0, 0.1) is 6.92 Å². The van der Waals surface area contributed by atoms with Gasteiger partial charge >= 0.3 is 12.1 Å². The van der Waals surface area contributed by atoms with Crippen molar-refractivity contribution in [3.63, 3.8) is 0 Å². The van der Waals surface area contributed by atoms with E-state index in [2.05, 4.69) is 10.6 Å². The molecule has 1 fully saturated rings. The number of nitrogens with zero attached hydrogens (tertiary/aromatic N) is 1. The molecule has 0 bridgehead atoms. The zero-order valence-corrected chi connectivity index (χ0v) is 14.4. The van der Waals surface area contributed by atoms with Crippen LogP contribution < -0.4 is 15.5 Å². The fourth-order valence-electron chi connectivity index (χ4n) is 2.59. The van der Waals surface area contributed by atoms with Crippen LogP contribution in [-0.4, -0.2) is 31.3 Å². The Bertz CT molecular complexity index is 797. The van der Waals surface area contributed by atoms with Gasteiger partial charge in [-0.15, -0.1) is 0 Å². The van der Waals surface area contributed by atoms with Crippen LogP contribution in [0.25, 0.3) is 0 Å². The van der Waals surface area contributed by atoms with Crippen LogP contribution in [0.5, 0.6) is 0 Å². The van der Waals surface area contributed by atoms with Crippen LogP contribution in [-0.2, 0) is 4.74 Å². The molecular weight excluding hydrogens is 342 g/mol. The Morgan fingerprint density at radius 3 is 2.84 bits per heavy atom. The third kappa shape index (κ3) is 4.42. The van der Waals surface area contributed by atoms with E-state index in [-0.39, 0.29) is 12.6 Å². The van der Waals surface area contributed by atoms with Gasteiger partial charge in [-0.2, -0.15) is 0 Å². The number of halogens is 1. The average molecular weight is 360 g/mol. The molecule has 0 unspecified atom stereocenters. The molecule has 0 spiro atoms. The SMILES string of the molecule is Cc1cccc(NC(=O)NC[C@@H]2CN(c3cccc(Cl)c3)C(=O)O2)c1. The number of urea groups is 1. The predicted octanol–water partition coefficient (Wildman–Crippen LogP) is 3.80. The molecule has 1 saturated heterocycles. The number of cyclic esters (lactones) is 1. The van der Waals surface area contributed by atoms with Gasteiger partial charge in [0.1, 0.15) is 6.10 Å². The quantitative estimate of drug-likeness (QED) is 0.872. The first-order valence-electron chi connectivity index (χ1n) is 7.86. The van der Waals surface area contributed by atoms with Crippen LogP contribution in [0.4, 0.5) is 21.0 Å². The van der Waals surface area contributed by atoms with Crippen molar-refractivity contribution >= 4 is 35.1 Å². The zero-order chi connectivity index (χ0) is 17.8. The minimum atomic E-state index is -0.451. The van der Waals surface area contributed by atoms with E-state index < -0.39 is 12.2 Å². The predicted molar refractivity (Wildman–Crippen MR) is 97.3 cm³/mol. The number of hydrogen-bond donors (Lipinski definition) is 2. The lowest BCUT2D eigenvalue weighted by Crippen LogP contribution is -2.37. The maximum atomic E-state index is 12.0. The van der Waals surface area contributed by atoms with Gasteiger partial charge in [-0.1, -0.05) is 29.8 Å². The second-order valence-corrected chi connectivity index (χ2v) is 6.24. The normalized spacial score (nSPS) is 16.5. The molecule has 2 aromatic rings. The molecule has 0 aliphatic carbocycles. The van der Waals surface area contributed by atoms with Crippen molar-refractivity contribution in [1.82, 2.24) is 5.32 Å². The summed E-state index contributed by atoms with van der Waals surface area (Å²) in [6.45, 7) is 2.52. The first-order chi connectivity index (χ1) is 12.0. The number of rotatable bonds is 4. The second kappa shape index (κ2) is 7.44. The minimum absolute atomic E-state index is 0.223. The maximum absolute atomic E-state index is 12.0. The summed E-state index contributed by atoms with van der Waals surface area (Å²) >= 11 is 5.95. The molecule has 130 valence electrons. The monoisotopic (exact) mass is 359 g/mol. The Hall–Kier alpha value is -2.73. The van der Waals surface area contributed by atoms with Gasteiger partial charge in [-0.3, -0.25) is 4.90 Å². The highest BCUT2D eigenvalue weighted by molar-refractivity contribution is 6.30. The maximum Gasteiger partial charge on any atom is 0.414 e. The largest absolute Gasteiger partial charge is 0.442 e. The van der Waals surface area contributed by atoms with Gasteiger partial charge in [0.05, 0.1) is 13.1 Å². The molecule has 0 radical (unpaired) electrons. The molecule has 0 aromatic heterocycles. The van der Waals surface area contributed by atoms with Crippen molar-refractivity contribution in [2.24, 2.45) is 0 Å². The van der Waals surface area contributed by atoms with E-state index in [9.17, 15) is 9.59 Å². The molecule has 1 heterocycles. The van der Waals surface area contributed by atoms with Crippen molar-refractivity contribution in [3.8, 4) is 0 Å². The summed E-state index contributed by atoms with van der Waals surface area (Å²) in [7, 11) is 0. The fourth-order valence-corrected chi connectivity index (χ4v) is 2.77. The van der Waals surface area contributed by atoms with E-state index in [4.69, 9.17) is 16.3 Å². The van der Waals surface area contributed by atoms with E-state index in [1.807, 2.05) is 31.2 Å². The summed E-state index contributed by atoms with van der Waals surface area (Å²) in [5, 5.41) is 6.01. The number of benzene rings is 2. The van der Waals surface area contributed by atoms with Crippen LogP contribution in [0.3, 0.4) is 0 Å². The second-order valence-electron chi connectivity index (χ2n) is 5.80. The number of anilines is 2. The highest BCUT2D eigenvalue weighted by Gasteiger charge is 2.32. The summed E-state index contributed by atoms with van der Waals surface area (Å²) in [5.74, 6) is 0. The lowest BCUT2D eigenvalue weighted by molar-refractivity contribution is 0.141. The molecule has 6 nitrogen and oxygen atoms in total. The smallest absolute Gasteiger partial charge is 0.414 e. The molecule has 1 atom stereocenters. The van der Waals surface area contributed by atoms with E-state index in [0.29, 0.717) is 22.9 Å². The molecule has 3 amide bonds. The van der Waals surface area contributed by atoms with Gasteiger partial charge < -0.3 is 15.4 Å². The van der Waals surface area contributed by atoms with Gasteiger partial charge in [-0.05, 0) is 42.8 Å². The van der Waals surface area contributed by atoms with Gasteiger partial charge in [0.25, 0.3) is 0 Å². The van der Waals surface area contributed by atoms with Crippen LogP contribution in [0.1, 0.15) is 5.56 Å². The summed E-state index contributed by atoms with van der Waals surface area (Å²) in [6, 6.07) is 14.1. The molecule has 2 N–H and O–H groups in total. The number of carbonyl (C=O) groups is 2. The zero-order valence-electron chi connectivity index (χ0n) is 13.7. The number of nitrogens with one attached hydrogen (secondary N) is 2. The van der Waals surface area contributed by atoms with E-state index >= 15 is 0 Å². The molecule has 25 heavy (non-hydrogen) atoms. The summed E-state index contributed by atoms with van der Waals surface area (Å²) in [5.41, 5.74) is 2.44. The summed E-state index contributed by atoms with van der Waals surface area (Å²) in [6.07, 6.45) is -0.872. The Kier molecular flexibility index (Phi) is 5.09. The Morgan fingerprint density at radius 2 is 2.08 bits per heavy atom. The summed E-state index contributed by atoms with van der Waals surface area (Å²) < 4.78 is 5.29. The van der Waals surface area contributed by atoms with Crippen molar-refractivity contribution in [1.29, 1.82) is 0 Å². The highest BCUT2D eigenvalue weighted by Crippen LogP contribution is 2.24. The molecule has 3 rings (SSSR count). The topological polar surface area (TPSA) is 70.7 Å². The van der Waals surface area contributed by atoms with Crippen molar-refractivity contribution < 1.29 is 14.3 Å². The molecule has 2 aromatic carbocycles. The van der Waals surface area contributed by atoms with Gasteiger partial charge in [0, 0.05) is 16.4 Å². The Labute approximate surface area is 150 Å².